The zero-order valence-corrected chi connectivity index (χ0v) is 11.3. The highest BCUT2D eigenvalue weighted by Gasteiger charge is 2.18. The Labute approximate surface area is 107 Å². The summed E-state index contributed by atoms with van der Waals surface area (Å²) in [6.07, 6.45) is 3.10. The number of nitrogens with zero attached hydrogens (tertiary/aromatic N) is 4. The number of hydrogen-bond acceptors (Lipinski definition) is 4. The van der Waals surface area contributed by atoms with Crippen molar-refractivity contribution in [2.45, 2.75) is 58.9 Å². The Balaban J connectivity index is 2.71. The molecule has 1 aromatic rings. The Morgan fingerprint density at radius 1 is 1.44 bits per heavy atom. The molecule has 1 rings (SSSR count). The van der Waals surface area contributed by atoms with Crippen molar-refractivity contribution in [1.82, 2.24) is 20.2 Å². The van der Waals surface area contributed by atoms with Gasteiger partial charge < -0.3 is 5.11 Å². The molecule has 0 aliphatic heterocycles. The van der Waals surface area contributed by atoms with Crippen LogP contribution in [-0.4, -0.2) is 31.3 Å². The maximum Gasteiger partial charge on any atom is 0.303 e. The van der Waals surface area contributed by atoms with Crippen molar-refractivity contribution >= 4 is 5.97 Å². The molecule has 0 radical (unpaired) electrons. The molecule has 0 fully saturated rings. The maximum atomic E-state index is 10.8. The van der Waals surface area contributed by atoms with Crippen molar-refractivity contribution in [3.8, 4) is 0 Å². The van der Waals surface area contributed by atoms with Gasteiger partial charge in [0.25, 0.3) is 0 Å². The number of tetrazole rings is 1. The highest BCUT2D eigenvalue weighted by Crippen LogP contribution is 2.19. The fraction of sp³-hybridized carbons (Fsp3) is 0.833. The Kier molecular flexibility index (Phi) is 5.74. The van der Waals surface area contributed by atoms with Gasteiger partial charge in [-0.1, -0.05) is 33.6 Å². The second-order valence-corrected chi connectivity index (χ2v) is 4.78. The smallest absolute Gasteiger partial charge is 0.303 e. The fourth-order valence-corrected chi connectivity index (χ4v) is 2.09. The number of aromatic nitrogens is 4. The van der Waals surface area contributed by atoms with E-state index in [4.69, 9.17) is 5.11 Å². The van der Waals surface area contributed by atoms with Crippen LogP contribution in [0.1, 0.15) is 58.2 Å². The van der Waals surface area contributed by atoms with Gasteiger partial charge in [0.15, 0.2) is 5.82 Å². The van der Waals surface area contributed by atoms with Crippen LogP contribution in [0.5, 0.6) is 0 Å². The van der Waals surface area contributed by atoms with Gasteiger partial charge in [-0.25, -0.2) is 4.68 Å². The van der Waals surface area contributed by atoms with Gasteiger partial charge in [0.2, 0.25) is 0 Å². The number of hydrogen-bond donors (Lipinski definition) is 1. The predicted molar refractivity (Wildman–Crippen MR) is 67.2 cm³/mol. The van der Waals surface area contributed by atoms with Crippen LogP contribution < -0.4 is 0 Å². The van der Waals surface area contributed by atoms with Crippen LogP contribution in [0.2, 0.25) is 0 Å². The third kappa shape index (κ3) is 4.09. The SMILES string of the molecule is CCCC(C)c1nnnn1CC(CC)CC(=O)O. The van der Waals surface area contributed by atoms with E-state index in [1.54, 1.807) is 4.68 Å². The molecule has 2 unspecified atom stereocenters. The minimum Gasteiger partial charge on any atom is -0.481 e. The Bertz CT molecular complexity index is 378. The normalized spacial score (nSPS) is 14.4. The van der Waals surface area contributed by atoms with Crippen LogP contribution in [-0.2, 0) is 11.3 Å². The van der Waals surface area contributed by atoms with E-state index in [1.807, 2.05) is 6.92 Å². The van der Waals surface area contributed by atoms with Gasteiger partial charge in [-0.3, -0.25) is 4.79 Å². The molecule has 0 aliphatic carbocycles. The average Bonchev–Trinajstić information content (AvgIpc) is 2.76. The lowest BCUT2D eigenvalue weighted by Gasteiger charge is -2.15. The second-order valence-electron chi connectivity index (χ2n) is 4.78. The molecular formula is C12H22N4O2. The first-order chi connectivity index (χ1) is 8.58. The molecule has 1 aromatic heterocycles. The van der Waals surface area contributed by atoms with Crippen LogP contribution in [0.3, 0.4) is 0 Å². The van der Waals surface area contributed by atoms with Crippen molar-refractivity contribution in [3.63, 3.8) is 0 Å². The van der Waals surface area contributed by atoms with Gasteiger partial charge in [-0.05, 0) is 22.8 Å². The number of aliphatic carboxylic acids is 1. The summed E-state index contributed by atoms with van der Waals surface area (Å²) in [5.41, 5.74) is 0. The Morgan fingerprint density at radius 2 is 2.17 bits per heavy atom. The van der Waals surface area contributed by atoms with E-state index >= 15 is 0 Å². The van der Waals surface area contributed by atoms with E-state index < -0.39 is 5.97 Å². The first-order valence-electron chi connectivity index (χ1n) is 6.56. The third-order valence-corrected chi connectivity index (χ3v) is 3.19. The Hall–Kier alpha value is -1.46. The van der Waals surface area contributed by atoms with E-state index in [2.05, 4.69) is 29.4 Å². The van der Waals surface area contributed by atoms with E-state index in [9.17, 15) is 4.79 Å². The molecule has 0 saturated carbocycles. The molecule has 1 heterocycles. The van der Waals surface area contributed by atoms with Crippen LogP contribution >= 0.6 is 0 Å². The second kappa shape index (κ2) is 7.08. The molecule has 2 atom stereocenters. The molecule has 0 saturated heterocycles. The highest BCUT2D eigenvalue weighted by molar-refractivity contribution is 5.66. The lowest BCUT2D eigenvalue weighted by molar-refractivity contribution is -0.138. The van der Waals surface area contributed by atoms with E-state index in [-0.39, 0.29) is 12.3 Å². The van der Waals surface area contributed by atoms with Gasteiger partial charge in [0, 0.05) is 18.9 Å². The number of carbonyl (C=O) groups is 1. The molecule has 6 heteroatoms. The molecule has 0 spiro atoms. The highest BCUT2D eigenvalue weighted by atomic mass is 16.4. The summed E-state index contributed by atoms with van der Waals surface area (Å²) < 4.78 is 1.76. The van der Waals surface area contributed by atoms with Crippen LogP contribution in [0.25, 0.3) is 0 Å². The minimum atomic E-state index is -0.766. The molecule has 0 amide bonds. The van der Waals surface area contributed by atoms with Gasteiger partial charge in [0.1, 0.15) is 0 Å². The van der Waals surface area contributed by atoms with E-state index in [1.165, 1.54) is 0 Å². The summed E-state index contributed by atoms with van der Waals surface area (Å²) in [4.78, 5) is 10.8. The van der Waals surface area contributed by atoms with Crippen LogP contribution in [0.4, 0.5) is 0 Å². The third-order valence-electron chi connectivity index (χ3n) is 3.19. The summed E-state index contributed by atoms with van der Waals surface area (Å²) in [6.45, 7) is 6.81. The van der Waals surface area contributed by atoms with Gasteiger partial charge in [-0.2, -0.15) is 0 Å². The summed E-state index contributed by atoms with van der Waals surface area (Å²) in [7, 11) is 0. The maximum absolute atomic E-state index is 10.8. The van der Waals surface area contributed by atoms with Crippen molar-refractivity contribution in [2.24, 2.45) is 5.92 Å². The van der Waals surface area contributed by atoms with Crippen LogP contribution in [0.15, 0.2) is 0 Å². The zero-order valence-electron chi connectivity index (χ0n) is 11.3. The summed E-state index contributed by atoms with van der Waals surface area (Å²) in [6, 6.07) is 0. The zero-order chi connectivity index (χ0) is 13.5. The fourth-order valence-electron chi connectivity index (χ4n) is 2.09. The Morgan fingerprint density at radius 3 is 2.72 bits per heavy atom. The summed E-state index contributed by atoms with van der Waals surface area (Å²) in [5.74, 6) is 0.490. The topological polar surface area (TPSA) is 80.9 Å². The lowest BCUT2D eigenvalue weighted by atomic mass is 10.0. The molecule has 0 aromatic carbocycles. The van der Waals surface area contributed by atoms with Gasteiger partial charge in [0.05, 0.1) is 0 Å². The van der Waals surface area contributed by atoms with Gasteiger partial charge >= 0.3 is 5.97 Å². The summed E-state index contributed by atoms with van der Waals surface area (Å²) >= 11 is 0. The minimum absolute atomic E-state index is 0.0820. The van der Waals surface area contributed by atoms with Gasteiger partial charge in [-0.15, -0.1) is 5.10 Å². The number of rotatable bonds is 8. The molecule has 6 nitrogen and oxygen atoms in total. The van der Waals surface area contributed by atoms with E-state index in [0.717, 1.165) is 25.1 Å². The van der Waals surface area contributed by atoms with Crippen molar-refractivity contribution < 1.29 is 9.90 Å². The molecule has 102 valence electrons. The lowest BCUT2D eigenvalue weighted by Crippen LogP contribution is -2.18. The summed E-state index contributed by atoms with van der Waals surface area (Å²) in [5, 5.41) is 20.6. The molecule has 1 N–H and O–H groups in total. The van der Waals surface area contributed by atoms with Crippen molar-refractivity contribution in [2.75, 3.05) is 0 Å². The largest absolute Gasteiger partial charge is 0.481 e. The van der Waals surface area contributed by atoms with Crippen molar-refractivity contribution in [1.29, 1.82) is 0 Å². The standard InChI is InChI=1S/C12H22N4O2/c1-4-6-9(3)12-13-14-15-16(12)8-10(5-2)7-11(17)18/h9-10H,4-8H2,1-3H3,(H,17,18). The average molecular weight is 254 g/mol. The van der Waals surface area contributed by atoms with Crippen molar-refractivity contribution in [3.05, 3.63) is 5.82 Å². The molecule has 0 bridgehead atoms. The first-order valence-corrected chi connectivity index (χ1v) is 6.56. The van der Waals surface area contributed by atoms with Crippen LogP contribution in [0, 0.1) is 5.92 Å². The molecule has 18 heavy (non-hydrogen) atoms. The predicted octanol–water partition coefficient (Wildman–Crippen LogP) is 2.08. The number of carboxylic acid groups (broad SMARTS) is 1. The monoisotopic (exact) mass is 254 g/mol. The van der Waals surface area contributed by atoms with E-state index in [0.29, 0.717) is 12.5 Å². The molecule has 0 aliphatic rings. The quantitative estimate of drug-likeness (QED) is 0.768. The number of carboxylic acids is 1. The first kappa shape index (κ1) is 14.6. The molecular weight excluding hydrogens is 232 g/mol.